The molecule has 0 radical (unpaired) electrons. The molecule has 4 rings (SSSR count). The molecular formula is C20H15N3O3S. The molecule has 0 atom stereocenters. The molecule has 0 aliphatic heterocycles. The second-order valence-corrected chi connectivity index (χ2v) is 7.68. The molecule has 0 fully saturated rings. The molecule has 6 nitrogen and oxygen atoms in total. The molecule has 7 heteroatoms. The van der Waals surface area contributed by atoms with Crippen LogP contribution in [0.4, 0.5) is 0 Å². The first-order valence-electron chi connectivity index (χ1n) is 8.19. The minimum Gasteiger partial charge on any atom is -0.284 e. The van der Waals surface area contributed by atoms with Crippen molar-refractivity contribution in [3.63, 3.8) is 0 Å². The lowest BCUT2D eigenvalue weighted by atomic mass is 10.1. The van der Waals surface area contributed by atoms with E-state index >= 15 is 0 Å². The molecule has 0 unspecified atom stereocenters. The van der Waals surface area contributed by atoms with Crippen LogP contribution in [0.25, 0.3) is 16.8 Å². The topological polar surface area (TPSA) is 74.0 Å². The molecule has 0 amide bonds. The first-order chi connectivity index (χ1) is 13.1. The van der Waals surface area contributed by atoms with E-state index in [1.54, 1.807) is 30.5 Å². The molecule has 134 valence electrons. The van der Waals surface area contributed by atoms with Crippen LogP contribution in [0, 0.1) is 0 Å². The molecule has 0 aliphatic carbocycles. The van der Waals surface area contributed by atoms with Crippen molar-refractivity contribution in [2.24, 2.45) is 0 Å². The Morgan fingerprint density at radius 1 is 0.741 bits per heavy atom. The normalized spacial score (nSPS) is 11.4. The quantitative estimate of drug-likeness (QED) is 0.548. The van der Waals surface area contributed by atoms with Gasteiger partial charge in [0.1, 0.15) is 0 Å². The molecule has 4 aromatic rings. The molecular weight excluding hydrogens is 362 g/mol. The van der Waals surface area contributed by atoms with Crippen LogP contribution in [0.1, 0.15) is 0 Å². The monoisotopic (exact) mass is 377 g/mol. The summed E-state index contributed by atoms with van der Waals surface area (Å²) in [6, 6.07) is 20.4. The summed E-state index contributed by atoms with van der Waals surface area (Å²) in [5.74, 6) is 0. The summed E-state index contributed by atoms with van der Waals surface area (Å²) < 4.78 is 27.8. The first-order valence-corrected chi connectivity index (χ1v) is 9.63. The molecule has 27 heavy (non-hydrogen) atoms. The lowest BCUT2D eigenvalue weighted by Gasteiger charge is -2.07. The fourth-order valence-corrected chi connectivity index (χ4v) is 3.87. The van der Waals surface area contributed by atoms with Crippen molar-refractivity contribution in [3.05, 3.63) is 102 Å². The van der Waals surface area contributed by atoms with Crippen molar-refractivity contribution >= 4 is 10.0 Å². The van der Waals surface area contributed by atoms with Crippen molar-refractivity contribution in [2.75, 3.05) is 0 Å². The molecule has 2 aromatic carbocycles. The van der Waals surface area contributed by atoms with Crippen molar-refractivity contribution in [1.29, 1.82) is 0 Å². The molecule has 2 heterocycles. The van der Waals surface area contributed by atoms with Gasteiger partial charge in [-0.3, -0.25) is 9.36 Å². The van der Waals surface area contributed by atoms with Crippen molar-refractivity contribution in [1.82, 2.24) is 13.8 Å². The lowest BCUT2D eigenvalue weighted by molar-refractivity contribution is 0.580. The minimum absolute atomic E-state index is 0.161. The van der Waals surface area contributed by atoms with Crippen molar-refractivity contribution in [3.8, 4) is 16.8 Å². The van der Waals surface area contributed by atoms with Gasteiger partial charge < -0.3 is 0 Å². The van der Waals surface area contributed by atoms with Gasteiger partial charge >= 0.3 is 0 Å². The standard InChI is InChI=1S/C20H15N3O3S/c24-20-12-11-16(14-22(20)18-7-3-1-4-8-18)17-13-21-23(15-17)27(25,26)19-9-5-2-6-10-19/h1-15H. The van der Waals surface area contributed by atoms with E-state index in [0.29, 0.717) is 11.1 Å². The largest absolute Gasteiger partial charge is 0.284 e. The number of nitrogens with zero attached hydrogens (tertiary/aromatic N) is 3. The van der Waals surface area contributed by atoms with Gasteiger partial charge in [0.25, 0.3) is 15.6 Å². The zero-order valence-electron chi connectivity index (χ0n) is 14.1. The second kappa shape index (κ2) is 6.69. The fourth-order valence-electron chi connectivity index (χ4n) is 2.73. The predicted molar refractivity (Wildman–Crippen MR) is 102 cm³/mol. The van der Waals surface area contributed by atoms with E-state index in [0.717, 1.165) is 9.77 Å². The smallest absolute Gasteiger partial charge is 0.282 e. The Bertz CT molecular complexity index is 1240. The zero-order chi connectivity index (χ0) is 18.9. The van der Waals surface area contributed by atoms with Gasteiger partial charge in [-0.05, 0) is 30.3 Å². The molecule has 0 spiro atoms. The number of hydrogen-bond donors (Lipinski definition) is 0. The van der Waals surface area contributed by atoms with Crippen LogP contribution >= 0.6 is 0 Å². The van der Waals surface area contributed by atoms with Crippen LogP contribution in [0.15, 0.2) is 101 Å². The van der Waals surface area contributed by atoms with E-state index in [1.807, 2.05) is 30.3 Å². The Labute approximate surface area is 156 Å². The summed E-state index contributed by atoms with van der Waals surface area (Å²) in [5.41, 5.74) is 1.84. The van der Waals surface area contributed by atoms with Crippen molar-refractivity contribution in [2.45, 2.75) is 4.90 Å². The maximum Gasteiger partial charge on any atom is 0.282 e. The van der Waals surface area contributed by atoms with Gasteiger partial charge in [-0.15, -0.1) is 0 Å². The Kier molecular flexibility index (Phi) is 4.21. The molecule has 0 saturated carbocycles. The predicted octanol–water partition coefficient (Wildman–Crippen LogP) is 2.94. The maximum atomic E-state index is 12.7. The fraction of sp³-hybridized carbons (Fsp3) is 0. The summed E-state index contributed by atoms with van der Waals surface area (Å²) >= 11 is 0. The highest BCUT2D eigenvalue weighted by Crippen LogP contribution is 2.21. The van der Waals surface area contributed by atoms with E-state index in [1.165, 1.54) is 35.2 Å². The Hall–Kier alpha value is -3.45. The first kappa shape index (κ1) is 17.0. The van der Waals surface area contributed by atoms with Crippen LogP contribution in [0.2, 0.25) is 0 Å². The molecule has 0 aliphatic rings. The summed E-state index contributed by atoms with van der Waals surface area (Å²) in [5, 5.41) is 4.01. The Morgan fingerprint density at radius 3 is 2.11 bits per heavy atom. The number of benzene rings is 2. The van der Waals surface area contributed by atoms with E-state index in [2.05, 4.69) is 5.10 Å². The van der Waals surface area contributed by atoms with Crippen LogP contribution < -0.4 is 5.56 Å². The highest BCUT2D eigenvalue weighted by atomic mass is 32.2. The molecule has 0 saturated heterocycles. The van der Waals surface area contributed by atoms with E-state index in [9.17, 15) is 13.2 Å². The van der Waals surface area contributed by atoms with Gasteiger partial charge in [0.2, 0.25) is 0 Å². The average molecular weight is 377 g/mol. The maximum absolute atomic E-state index is 12.7. The van der Waals surface area contributed by atoms with Gasteiger partial charge in [0.15, 0.2) is 0 Å². The van der Waals surface area contributed by atoms with E-state index in [4.69, 9.17) is 0 Å². The third-order valence-electron chi connectivity index (χ3n) is 4.13. The van der Waals surface area contributed by atoms with Crippen LogP contribution in [0.3, 0.4) is 0 Å². The average Bonchev–Trinajstić information content (AvgIpc) is 3.21. The molecule has 0 N–H and O–H groups in total. The Morgan fingerprint density at radius 2 is 1.41 bits per heavy atom. The van der Waals surface area contributed by atoms with E-state index in [-0.39, 0.29) is 10.5 Å². The van der Waals surface area contributed by atoms with Gasteiger partial charge in [-0.2, -0.15) is 17.6 Å². The third kappa shape index (κ3) is 3.20. The third-order valence-corrected chi connectivity index (χ3v) is 5.69. The number of pyridine rings is 1. The van der Waals surface area contributed by atoms with Crippen LogP contribution in [-0.2, 0) is 10.0 Å². The second-order valence-electron chi connectivity index (χ2n) is 5.88. The summed E-state index contributed by atoms with van der Waals surface area (Å²) in [4.78, 5) is 12.4. The lowest BCUT2D eigenvalue weighted by Crippen LogP contribution is -2.16. The number of rotatable bonds is 4. The van der Waals surface area contributed by atoms with E-state index < -0.39 is 10.0 Å². The molecule has 0 bridgehead atoms. The number of para-hydroxylation sites is 1. The highest BCUT2D eigenvalue weighted by molar-refractivity contribution is 7.89. The van der Waals surface area contributed by atoms with Crippen LogP contribution in [-0.4, -0.2) is 22.2 Å². The summed E-state index contributed by atoms with van der Waals surface area (Å²) in [6.45, 7) is 0. The van der Waals surface area contributed by atoms with Gasteiger partial charge in [0.05, 0.1) is 17.3 Å². The molecule has 2 aromatic heterocycles. The van der Waals surface area contributed by atoms with Gasteiger partial charge in [-0.1, -0.05) is 36.4 Å². The number of hydrogen-bond acceptors (Lipinski definition) is 4. The summed E-state index contributed by atoms with van der Waals surface area (Å²) in [7, 11) is -3.76. The Balaban J connectivity index is 1.76. The van der Waals surface area contributed by atoms with Crippen molar-refractivity contribution < 1.29 is 8.42 Å². The van der Waals surface area contributed by atoms with Crippen LogP contribution in [0.5, 0.6) is 0 Å². The SMILES string of the molecule is O=c1ccc(-c2cnn(S(=O)(=O)c3ccccc3)c2)cn1-c1ccccc1. The zero-order valence-corrected chi connectivity index (χ0v) is 15.0. The van der Waals surface area contributed by atoms with Gasteiger partial charge in [0, 0.05) is 29.1 Å². The van der Waals surface area contributed by atoms with Gasteiger partial charge in [-0.25, -0.2) is 0 Å². The number of aromatic nitrogens is 3. The highest BCUT2D eigenvalue weighted by Gasteiger charge is 2.18. The summed E-state index contributed by atoms with van der Waals surface area (Å²) in [6.07, 6.45) is 4.58. The minimum atomic E-state index is -3.76.